The molecule has 0 N–H and O–H groups in total. The third-order valence-corrected chi connectivity index (χ3v) is 15.5. The SMILES string of the molecule is F.F.F.F.F.F.O=P([O-])([O-])[O-].c1ccc([S+](c2ccccc2)c2ccccc2)cc1.c1ccc([S+](c2ccccc2)c2ccccc2)cc1.c1ccc([S+](c2ccccc2)c2ccccc2)cc1. The maximum absolute atomic E-state index is 8.55. The van der Waals surface area contributed by atoms with Gasteiger partial charge in [-0.1, -0.05) is 164 Å². The van der Waals surface area contributed by atoms with Gasteiger partial charge >= 0.3 is 0 Å². The second-order valence-electron chi connectivity index (χ2n) is 13.2. The van der Waals surface area contributed by atoms with Crippen LogP contribution in [0.25, 0.3) is 0 Å². The molecule has 0 heterocycles. The number of benzene rings is 9. The van der Waals surface area contributed by atoms with Crippen LogP contribution in [0.5, 0.6) is 0 Å². The molecule has 0 radical (unpaired) electrons. The van der Waals surface area contributed by atoms with Gasteiger partial charge in [-0.15, -0.1) is 0 Å². The van der Waals surface area contributed by atoms with Gasteiger partial charge in [-0.3, -0.25) is 28.2 Å². The van der Waals surface area contributed by atoms with E-state index in [1.165, 1.54) is 44.1 Å². The molecule has 0 atom stereocenters. The Morgan fingerprint density at radius 1 is 0.206 bits per heavy atom. The zero-order valence-corrected chi connectivity index (χ0v) is 39.6. The molecule has 0 aliphatic rings. The van der Waals surface area contributed by atoms with Gasteiger partial charge in [0.25, 0.3) is 0 Å². The van der Waals surface area contributed by atoms with Crippen molar-refractivity contribution < 1.29 is 47.5 Å². The lowest BCUT2D eigenvalue weighted by Gasteiger charge is -2.36. The molecule has 68 heavy (non-hydrogen) atoms. The summed E-state index contributed by atoms with van der Waals surface area (Å²) in [5.74, 6) is 0. The third-order valence-electron chi connectivity index (χ3n) is 8.81. The van der Waals surface area contributed by atoms with Crippen LogP contribution in [0.1, 0.15) is 0 Å². The van der Waals surface area contributed by atoms with Crippen LogP contribution >= 0.6 is 7.82 Å². The first-order valence-corrected chi connectivity index (χ1v) is 24.9. The highest BCUT2D eigenvalue weighted by Crippen LogP contribution is 2.33. The number of hydrogen-bond donors (Lipinski definition) is 0. The van der Waals surface area contributed by atoms with Gasteiger partial charge < -0.3 is 19.2 Å². The molecule has 0 aromatic heterocycles. The predicted octanol–water partition coefficient (Wildman–Crippen LogP) is 12.4. The first kappa shape index (κ1) is 61.7. The first-order chi connectivity index (χ1) is 30.3. The molecule has 4 nitrogen and oxygen atoms in total. The van der Waals surface area contributed by atoms with Crippen molar-refractivity contribution in [2.24, 2.45) is 0 Å². The van der Waals surface area contributed by atoms with Gasteiger partial charge in [-0.05, 0) is 109 Å². The van der Waals surface area contributed by atoms with Gasteiger partial charge in [0.15, 0.2) is 44.1 Å². The molecule has 9 aromatic carbocycles. The summed E-state index contributed by atoms with van der Waals surface area (Å²) in [6.45, 7) is 0. The summed E-state index contributed by atoms with van der Waals surface area (Å²) in [7, 11) is -5.43. The molecule has 356 valence electrons. The zero-order valence-electron chi connectivity index (χ0n) is 36.2. The Balaban J connectivity index is 0.000000904. The second-order valence-corrected chi connectivity index (χ2v) is 20.2. The summed E-state index contributed by atoms with van der Waals surface area (Å²) >= 11 is 0. The molecule has 0 saturated carbocycles. The fraction of sp³-hybridized carbons (Fsp3) is 0. The zero-order chi connectivity index (χ0) is 43.2. The summed E-state index contributed by atoms with van der Waals surface area (Å²) in [5.41, 5.74) is 0. The standard InChI is InChI=1S/3C18H15S.6FH.H3O4P/c3*1-4-10-16(11-5-1)19(17-12-6-2-7-13-17)18-14-8-3-9-15-18;;;;;;;1-5(2,3)4/h3*1-15H;6*1H;(H3,1,2,3,4)/q3*+1;;;;;;;/p-3. The van der Waals surface area contributed by atoms with Gasteiger partial charge in [-0.25, -0.2) is 0 Å². The van der Waals surface area contributed by atoms with Crippen molar-refractivity contribution >= 4 is 40.5 Å². The summed E-state index contributed by atoms with van der Waals surface area (Å²) in [6.07, 6.45) is 0. The normalized spacial score (nSPS) is 9.74. The Labute approximate surface area is 402 Å². The summed E-state index contributed by atoms with van der Waals surface area (Å²) in [6, 6.07) is 96.5. The van der Waals surface area contributed by atoms with Crippen LogP contribution in [0.4, 0.5) is 28.2 Å². The van der Waals surface area contributed by atoms with Crippen LogP contribution in [0.15, 0.2) is 317 Å². The van der Waals surface area contributed by atoms with Crippen molar-refractivity contribution in [3.63, 3.8) is 0 Å². The van der Waals surface area contributed by atoms with E-state index in [4.69, 9.17) is 19.2 Å². The van der Waals surface area contributed by atoms with Crippen molar-refractivity contribution in [3.05, 3.63) is 273 Å². The quantitative estimate of drug-likeness (QED) is 0.0819. The predicted molar refractivity (Wildman–Crippen MR) is 267 cm³/mol. The molecule has 9 aromatic rings. The molecule has 0 amide bonds. The van der Waals surface area contributed by atoms with Gasteiger partial charge in [-0.2, -0.15) is 7.82 Å². The van der Waals surface area contributed by atoms with E-state index in [-0.39, 0.29) is 60.9 Å². The smallest absolute Gasteiger partial charge is 0.166 e. The highest BCUT2D eigenvalue weighted by atomic mass is 32.2. The number of halogens is 6. The summed E-state index contributed by atoms with van der Waals surface area (Å²) in [5, 5.41) is 0. The fourth-order valence-electron chi connectivity index (χ4n) is 6.23. The molecule has 0 saturated heterocycles. The van der Waals surface area contributed by atoms with Crippen LogP contribution in [0, 0.1) is 0 Å². The molecule has 9 rings (SSSR count). The van der Waals surface area contributed by atoms with Gasteiger partial charge in [0.2, 0.25) is 0 Å². The third kappa shape index (κ3) is 19.9. The lowest BCUT2D eigenvalue weighted by Crippen LogP contribution is -2.24. The van der Waals surface area contributed by atoms with E-state index >= 15 is 0 Å². The Hall–Kier alpha value is -6.28. The molecule has 0 aliphatic heterocycles. The Morgan fingerprint density at radius 3 is 0.353 bits per heavy atom. The Kier molecular flexibility index (Phi) is 30.2. The Bertz CT molecular complexity index is 2070. The summed E-state index contributed by atoms with van der Waals surface area (Å²) < 4.78 is 8.55. The molecule has 0 aliphatic carbocycles. The van der Waals surface area contributed by atoms with Crippen LogP contribution in [-0.4, -0.2) is 0 Å². The van der Waals surface area contributed by atoms with E-state index in [1.807, 2.05) is 0 Å². The number of hydrogen-bond acceptors (Lipinski definition) is 4. The van der Waals surface area contributed by atoms with Gasteiger partial charge in [0.05, 0.1) is 32.7 Å². The van der Waals surface area contributed by atoms with E-state index in [1.54, 1.807) is 0 Å². The molecular weight excluding hydrogens is 954 g/mol. The average molecular weight is 1010 g/mol. The molecule has 0 spiro atoms. The van der Waals surface area contributed by atoms with E-state index in [0.29, 0.717) is 0 Å². The monoisotopic (exact) mass is 1000 g/mol. The number of rotatable bonds is 9. The van der Waals surface area contributed by atoms with Crippen molar-refractivity contribution in [3.8, 4) is 0 Å². The lowest BCUT2D eigenvalue weighted by molar-refractivity contribution is -0.432. The molecule has 0 fully saturated rings. The minimum absolute atomic E-state index is 0. The van der Waals surface area contributed by atoms with Crippen LogP contribution in [-0.2, 0) is 37.2 Å². The lowest BCUT2D eigenvalue weighted by atomic mass is 10.4. The summed E-state index contributed by atoms with van der Waals surface area (Å²) in [4.78, 5) is 37.9. The second kappa shape index (κ2) is 33.2. The van der Waals surface area contributed by atoms with E-state index in [0.717, 1.165) is 0 Å². The molecule has 0 unspecified atom stereocenters. The first-order valence-electron chi connectivity index (χ1n) is 19.8. The van der Waals surface area contributed by atoms with Crippen LogP contribution in [0.3, 0.4) is 0 Å². The molecule has 14 heteroatoms. The van der Waals surface area contributed by atoms with Crippen LogP contribution < -0.4 is 14.7 Å². The maximum atomic E-state index is 8.55. The highest BCUT2D eigenvalue weighted by Gasteiger charge is 2.29. The minimum atomic E-state index is -5.39. The average Bonchev–Trinajstić information content (AvgIpc) is 3.32. The van der Waals surface area contributed by atoms with E-state index in [2.05, 4.69) is 273 Å². The van der Waals surface area contributed by atoms with Crippen molar-refractivity contribution in [1.82, 2.24) is 0 Å². The number of phosphoric acid groups is 1. The molecule has 0 bridgehead atoms. The van der Waals surface area contributed by atoms with Gasteiger partial charge in [0, 0.05) is 0 Å². The minimum Gasteiger partial charge on any atom is -0.822 e. The van der Waals surface area contributed by atoms with Crippen molar-refractivity contribution in [1.29, 1.82) is 0 Å². The van der Waals surface area contributed by atoms with Gasteiger partial charge in [0.1, 0.15) is 0 Å². The topological polar surface area (TPSA) is 86.2 Å². The highest BCUT2D eigenvalue weighted by molar-refractivity contribution is 7.97. The van der Waals surface area contributed by atoms with Crippen molar-refractivity contribution in [2.45, 2.75) is 44.1 Å². The Morgan fingerprint density at radius 2 is 0.279 bits per heavy atom. The molecular formula is C54H51F6O4PS3. The van der Waals surface area contributed by atoms with E-state index < -0.39 is 7.82 Å². The largest absolute Gasteiger partial charge is 0.822 e. The van der Waals surface area contributed by atoms with Crippen molar-refractivity contribution in [2.75, 3.05) is 0 Å². The van der Waals surface area contributed by atoms with Crippen LogP contribution in [0.2, 0.25) is 0 Å². The maximum Gasteiger partial charge on any atom is 0.166 e. The fourth-order valence-corrected chi connectivity index (χ4v) is 12.5. The van der Waals surface area contributed by atoms with E-state index in [9.17, 15) is 0 Å².